The molecule has 76 valence electrons. The normalized spacial score (nSPS) is 10.1. The first-order valence-electron chi connectivity index (χ1n) is 3.89. The van der Waals surface area contributed by atoms with Gasteiger partial charge in [0.1, 0.15) is 16.6 Å². The molecule has 0 bridgehead atoms. The number of aliphatic carboxylic acids is 1. The molecule has 0 aliphatic heterocycles. The lowest BCUT2D eigenvalue weighted by atomic mass is 10.1. The summed E-state index contributed by atoms with van der Waals surface area (Å²) in [6.45, 7) is 0. The zero-order chi connectivity index (χ0) is 10.7. The smallest absolute Gasteiger partial charge is 0.303 e. The average Bonchev–Trinajstić information content (AvgIpc) is 2.10. The highest BCUT2D eigenvalue weighted by atomic mass is 35.5. The van der Waals surface area contributed by atoms with Crippen LogP contribution in [0.1, 0.15) is 12.0 Å². The number of aromatic hydroxyl groups is 1. The second-order valence-corrected chi connectivity index (χ2v) is 3.18. The molecular weight excluding hydrogens is 211 g/mol. The van der Waals surface area contributed by atoms with Gasteiger partial charge in [-0.3, -0.25) is 4.79 Å². The van der Waals surface area contributed by atoms with Crippen molar-refractivity contribution in [1.82, 2.24) is 0 Å². The van der Waals surface area contributed by atoms with E-state index in [1.165, 1.54) is 6.07 Å². The first-order chi connectivity index (χ1) is 6.50. The maximum Gasteiger partial charge on any atom is 0.303 e. The number of rotatable bonds is 3. The highest BCUT2D eigenvalue weighted by molar-refractivity contribution is 6.32. The Balaban J connectivity index is 2.84. The Kier molecular flexibility index (Phi) is 3.30. The van der Waals surface area contributed by atoms with E-state index in [0.29, 0.717) is 5.56 Å². The number of hydrogen-bond donors (Lipinski definition) is 2. The fourth-order valence-corrected chi connectivity index (χ4v) is 1.13. The molecular formula is C9H8ClFO3. The molecule has 0 aromatic heterocycles. The lowest BCUT2D eigenvalue weighted by Crippen LogP contribution is -1.97. The Morgan fingerprint density at radius 3 is 2.64 bits per heavy atom. The van der Waals surface area contributed by atoms with Crippen LogP contribution in [0.3, 0.4) is 0 Å². The summed E-state index contributed by atoms with van der Waals surface area (Å²) in [7, 11) is 0. The van der Waals surface area contributed by atoms with Gasteiger partial charge in [-0.25, -0.2) is 4.39 Å². The second kappa shape index (κ2) is 4.28. The Labute approximate surface area is 84.7 Å². The minimum Gasteiger partial charge on any atom is -0.506 e. The predicted octanol–water partition coefficient (Wildman–Crippen LogP) is 2.20. The quantitative estimate of drug-likeness (QED) is 0.818. The molecule has 5 heteroatoms. The highest BCUT2D eigenvalue weighted by Gasteiger charge is 2.08. The van der Waals surface area contributed by atoms with Gasteiger partial charge in [-0.2, -0.15) is 0 Å². The van der Waals surface area contributed by atoms with Crippen molar-refractivity contribution in [2.24, 2.45) is 0 Å². The van der Waals surface area contributed by atoms with Crippen molar-refractivity contribution < 1.29 is 19.4 Å². The molecule has 0 radical (unpaired) electrons. The van der Waals surface area contributed by atoms with Crippen molar-refractivity contribution in [3.05, 3.63) is 28.5 Å². The van der Waals surface area contributed by atoms with E-state index in [2.05, 4.69) is 0 Å². The molecule has 1 aromatic rings. The van der Waals surface area contributed by atoms with E-state index in [0.717, 1.165) is 6.07 Å². The maximum absolute atomic E-state index is 12.9. The second-order valence-electron chi connectivity index (χ2n) is 2.80. The number of phenols is 1. The van der Waals surface area contributed by atoms with Gasteiger partial charge in [-0.15, -0.1) is 0 Å². The van der Waals surface area contributed by atoms with Crippen molar-refractivity contribution >= 4 is 17.6 Å². The number of phenolic OH excluding ortho intramolecular Hbond substituents is 1. The zero-order valence-electron chi connectivity index (χ0n) is 7.13. The first kappa shape index (κ1) is 10.8. The Hall–Kier alpha value is -1.29. The molecule has 0 aliphatic carbocycles. The molecule has 0 saturated carbocycles. The summed E-state index contributed by atoms with van der Waals surface area (Å²) in [6, 6.07) is 2.37. The molecule has 0 spiro atoms. The van der Waals surface area contributed by atoms with Gasteiger partial charge in [0.05, 0.1) is 0 Å². The minimum absolute atomic E-state index is 0.111. The Bertz CT molecular complexity index is 342. The van der Waals surface area contributed by atoms with Gasteiger partial charge in [-0.1, -0.05) is 11.6 Å². The number of halogens is 2. The fraction of sp³-hybridized carbons (Fsp3) is 0.222. The third-order valence-corrected chi connectivity index (χ3v) is 2.07. The lowest BCUT2D eigenvalue weighted by molar-refractivity contribution is -0.136. The van der Waals surface area contributed by atoms with Gasteiger partial charge < -0.3 is 10.2 Å². The van der Waals surface area contributed by atoms with E-state index in [1.54, 1.807) is 0 Å². The van der Waals surface area contributed by atoms with Gasteiger partial charge in [0.25, 0.3) is 0 Å². The van der Waals surface area contributed by atoms with Crippen molar-refractivity contribution in [1.29, 1.82) is 0 Å². The van der Waals surface area contributed by atoms with Crippen LogP contribution in [0.25, 0.3) is 0 Å². The number of hydrogen-bond acceptors (Lipinski definition) is 2. The Morgan fingerprint density at radius 1 is 1.50 bits per heavy atom. The van der Waals surface area contributed by atoms with Gasteiger partial charge in [0.2, 0.25) is 0 Å². The van der Waals surface area contributed by atoms with Crippen LogP contribution >= 0.6 is 11.6 Å². The monoisotopic (exact) mass is 218 g/mol. The van der Waals surface area contributed by atoms with Gasteiger partial charge in [0.15, 0.2) is 0 Å². The number of carboxylic acid groups (broad SMARTS) is 1. The molecule has 1 aromatic carbocycles. The molecule has 0 atom stereocenters. The van der Waals surface area contributed by atoms with Crippen molar-refractivity contribution in [2.75, 3.05) is 0 Å². The number of carboxylic acids is 1. The standard InChI is InChI=1S/C9H8ClFO3/c10-9-6(11)3-5(4-7(9)12)1-2-8(13)14/h3-4,12H,1-2H2,(H,13,14). The van der Waals surface area contributed by atoms with Gasteiger partial charge in [0, 0.05) is 6.42 Å². The largest absolute Gasteiger partial charge is 0.506 e. The molecule has 1 rings (SSSR count). The van der Waals surface area contributed by atoms with E-state index in [9.17, 15) is 9.18 Å². The average molecular weight is 219 g/mol. The van der Waals surface area contributed by atoms with Crippen LogP contribution in [-0.2, 0) is 11.2 Å². The van der Waals surface area contributed by atoms with Crippen LogP contribution in [0.15, 0.2) is 12.1 Å². The molecule has 0 amide bonds. The minimum atomic E-state index is -0.972. The molecule has 0 aliphatic rings. The summed E-state index contributed by atoms with van der Waals surface area (Å²) in [5.74, 6) is -2.08. The van der Waals surface area contributed by atoms with Crippen LogP contribution in [0, 0.1) is 5.82 Å². The molecule has 0 fully saturated rings. The predicted molar refractivity (Wildman–Crippen MR) is 49.0 cm³/mol. The SMILES string of the molecule is O=C(O)CCc1cc(O)c(Cl)c(F)c1. The molecule has 0 heterocycles. The summed E-state index contributed by atoms with van der Waals surface area (Å²) in [4.78, 5) is 10.2. The summed E-state index contributed by atoms with van der Waals surface area (Å²) >= 11 is 5.37. The van der Waals surface area contributed by atoms with Crippen LogP contribution in [0.5, 0.6) is 5.75 Å². The molecule has 0 saturated heterocycles. The number of aryl methyl sites for hydroxylation is 1. The summed E-state index contributed by atoms with van der Waals surface area (Å²) in [6.07, 6.45) is 0.0531. The summed E-state index contributed by atoms with van der Waals surface area (Å²) in [5.41, 5.74) is 0.409. The summed E-state index contributed by atoms with van der Waals surface area (Å²) < 4.78 is 12.9. The number of carbonyl (C=O) groups is 1. The Morgan fingerprint density at radius 2 is 2.14 bits per heavy atom. The van der Waals surface area contributed by atoms with E-state index in [-0.39, 0.29) is 23.6 Å². The van der Waals surface area contributed by atoms with Crippen molar-refractivity contribution in [3.63, 3.8) is 0 Å². The topological polar surface area (TPSA) is 57.5 Å². The van der Waals surface area contributed by atoms with E-state index < -0.39 is 11.8 Å². The van der Waals surface area contributed by atoms with Gasteiger partial charge >= 0.3 is 5.97 Å². The zero-order valence-corrected chi connectivity index (χ0v) is 7.88. The summed E-state index contributed by atoms with van der Waals surface area (Å²) in [5, 5.41) is 17.2. The third kappa shape index (κ3) is 2.60. The van der Waals surface area contributed by atoms with E-state index >= 15 is 0 Å². The molecule has 0 unspecified atom stereocenters. The van der Waals surface area contributed by atoms with Crippen LogP contribution in [-0.4, -0.2) is 16.2 Å². The first-order valence-corrected chi connectivity index (χ1v) is 4.27. The number of benzene rings is 1. The van der Waals surface area contributed by atoms with Crippen LogP contribution in [0.4, 0.5) is 4.39 Å². The van der Waals surface area contributed by atoms with Gasteiger partial charge in [-0.05, 0) is 24.1 Å². The third-order valence-electron chi connectivity index (χ3n) is 1.70. The highest BCUT2D eigenvalue weighted by Crippen LogP contribution is 2.27. The molecule has 3 nitrogen and oxygen atoms in total. The molecule has 2 N–H and O–H groups in total. The van der Waals surface area contributed by atoms with E-state index in [1.807, 2.05) is 0 Å². The van der Waals surface area contributed by atoms with Crippen molar-refractivity contribution in [3.8, 4) is 5.75 Å². The molecule has 14 heavy (non-hydrogen) atoms. The lowest BCUT2D eigenvalue weighted by Gasteiger charge is -2.02. The maximum atomic E-state index is 12.9. The van der Waals surface area contributed by atoms with E-state index in [4.69, 9.17) is 21.8 Å². The van der Waals surface area contributed by atoms with Crippen molar-refractivity contribution in [2.45, 2.75) is 12.8 Å². The fourth-order valence-electron chi connectivity index (χ4n) is 1.02. The van der Waals surface area contributed by atoms with Crippen LogP contribution < -0.4 is 0 Å². The van der Waals surface area contributed by atoms with Crippen LogP contribution in [0.2, 0.25) is 5.02 Å².